The molecule has 1 heterocycles. The fourth-order valence-corrected chi connectivity index (χ4v) is 5.69. The van der Waals surface area contributed by atoms with Gasteiger partial charge < -0.3 is 4.57 Å². The lowest BCUT2D eigenvalue weighted by atomic mass is 9.77. The second-order valence-corrected chi connectivity index (χ2v) is 9.76. The zero-order valence-electron chi connectivity index (χ0n) is 19.6. The largest absolute Gasteiger partial charge is 0.309 e. The summed E-state index contributed by atoms with van der Waals surface area (Å²) in [5, 5.41) is 1.25. The third-order valence-corrected chi connectivity index (χ3v) is 7.31. The summed E-state index contributed by atoms with van der Waals surface area (Å²) in [6.45, 7) is 4.37. The number of aromatic nitrogens is 1. The van der Waals surface area contributed by atoms with Crippen molar-refractivity contribution in [1.82, 2.24) is 4.57 Å². The van der Waals surface area contributed by atoms with Crippen molar-refractivity contribution in [3.8, 4) is 16.9 Å². The van der Waals surface area contributed by atoms with Crippen LogP contribution >= 0.6 is 0 Å². The molecule has 166 valence electrons. The zero-order chi connectivity index (χ0) is 23.3. The predicted octanol–water partition coefficient (Wildman–Crippen LogP) is 7.69. The van der Waals surface area contributed by atoms with E-state index in [1.54, 1.807) is 0 Å². The molecule has 0 saturated heterocycles. The third-order valence-electron chi connectivity index (χ3n) is 7.31. The number of benzene rings is 4. The number of rotatable bonds is 4. The summed E-state index contributed by atoms with van der Waals surface area (Å²) < 4.78 is 2.39. The van der Waals surface area contributed by atoms with E-state index in [1.807, 2.05) is 12.1 Å². The molecule has 4 aromatic carbocycles. The van der Waals surface area contributed by atoms with Gasteiger partial charge in [0.2, 0.25) is 0 Å². The lowest BCUT2D eigenvalue weighted by Gasteiger charge is -2.25. The smallest absolute Gasteiger partial charge is 0.164 e. The molecule has 0 N–H and O–H groups in total. The number of carbonyl (C=O) groups is 1. The van der Waals surface area contributed by atoms with Crippen molar-refractivity contribution in [1.29, 1.82) is 0 Å². The van der Waals surface area contributed by atoms with Gasteiger partial charge in [-0.25, -0.2) is 0 Å². The van der Waals surface area contributed by atoms with E-state index in [9.17, 15) is 4.79 Å². The maximum atomic E-state index is 12.9. The Morgan fingerprint density at radius 3 is 2.26 bits per heavy atom. The van der Waals surface area contributed by atoms with Gasteiger partial charge >= 0.3 is 0 Å². The van der Waals surface area contributed by atoms with Crippen molar-refractivity contribution in [3.63, 3.8) is 0 Å². The Kier molecular flexibility index (Phi) is 4.77. The van der Waals surface area contributed by atoms with Gasteiger partial charge in [0.15, 0.2) is 5.78 Å². The van der Waals surface area contributed by atoms with Crippen molar-refractivity contribution < 1.29 is 4.79 Å². The highest BCUT2D eigenvalue weighted by molar-refractivity contribution is 6.02. The third kappa shape index (κ3) is 3.21. The molecule has 0 saturated carbocycles. The molecule has 0 aliphatic heterocycles. The normalized spacial score (nSPS) is 17.3. The number of fused-ring (bicyclic) bond motifs is 2. The fraction of sp³-hybridized carbons (Fsp3) is 0.156. The number of nitrogens with zero attached hydrogens (tertiary/aromatic N) is 1. The van der Waals surface area contributed by atoms with Crippen LogP contribution in [0, 0.1) is 6.92 Å². The maximum absolute atomic E-state index is 12.9. The minimum Gasteiger partial charge on any atom is -0.309 e. The van der Waals surface area contributed by atoms with Gasteiger partial charge in [-0.05, 0) is 48.2 Å². The molecule has 0 unspecified atom stereocenters. The first-order valence-electron chi connectivity index (χ1n) is 11.9. The lowest BCUT2D eigenvalue weighted by molar-refractivity contribution is 0.0976. The molecule has 0 amide bonds. The van der Waals surface area contributed by atoms with Crippen LogP contribution in [-0.2, 0) is 11.8 Å². The van der Waals surface area contributed by atoms with Gasteiger partial charge in [0.1, 0.15) is 0 Å². The SMILES string of the molecule is Cc1ccc(-n2c(-c3ccccc3)c(C[C@@]3(C)CC(=O)c4ccccc43)c3ccccc32)cc1. The van der Waals surface area contributed by atoms with Gasteiger partial charge in [-0.3, -0.25) is 4.79 Å². The number of carbonyl (C=O) groups excluding carboxylic acids is 1. The average molecular weight is 442 g/mol. The topological polar surface area (TPSA) is 22.0 Å². The summed E-state index contributed by atoms with van der Waals surface area (Å²) in [6, 6.07) is 36.2. The van der Waals surface area contributed by atoms with Crippen molar-refractivity contribution in [2.75, 3.05) is 0 Å². The van der Waals surface area contributed by atoms with Crippen LogP contribution in [0.5, 0.6) is 0 Å². The number of Topliss-reactive ketones (excluding diaryl/α,β-unsaturated/α-hetero) is 1. The highest BCUT2D eigenvalue weighted by Gasteiger charge is 2.40. The Balaban J connectivity index is 1.64. The van der Waals surface area contributed by atoms with E-state index in [0.29, 0.717) is 6.42 Å². The van der Waals surface area contributed by atoms with E-state index in [0.717, 1.165) is 17.7 Å². The summed E-state index contributed by atoms with van der Waals surface area (Å²) in [6.07, 6.45) is 1.35. The Hall–Kier alpha value is -3.91. The maximum Gasteiger partial charge on any atom is 0.164 e. The second-order valence-electron chi connectivity index (χ2n) is 9.76. The number of ketones is 1. The van der Waals surface area contributed by atoms with Crippen molar-refractivity contribution in [2.24, 2.45) is 0 Å². The van der Waals surface area contributed by atoms with E-state index in [1.165, 1.54) is 38.9 Å². The van der Waals surface area contributed by atoms with Crippen LogP contribution in [0.25, 0.3) is 27.8 Å². The molecule has 0 bridgehead atoms. The molecule has 2 nitrogen and oxygen atoms in total. The van der Waals surface area contributed by atoms with Crippen LogP contribution in [0.3, 0.4) is 0 Å². The van der Waals surface area contributed by atoms with Crippen LogP contribution in [0.2, 0.25) is 0 Å². The summed E-state index contributed by atoms with van der Waals surface area (Å²) in [5.74, 6) is 0.252. The minimum atomic E-state index is -0.237. The number of para-hydroxylation sites is 1. The summed E-state index contributed by atoms with van der Waals surface area (Å²) in [5.41, 5.74) is 9.12. The van der Waals surface area contributed by atoms with Crippen LogP contribution in [-0.4, -0.2) is 10.4 Å². The molecule has 34 heavy (non-hydrogen) atoms. The molecule has 5 aromatic rings. The molecular formula is C32H27NO. The summed E-state index contributed by atoms with van der Waals surface area (Å²) in [4.78, 5) is 12.9. The first kappa shape index (κ1) is 20.7. The Labute approximate surface area is 200 Å². The van der Waals surface area contributed by atoms with E-state index < -0.39 is 0 Å². The van der Waals surface area contributed by atoms with E-state index in [4.69, 9.17) is 0 Å². The van der Waals surface area contributed by atoms with Crippen LogP contribution in [0.1, 0.15) is 40.4 Å². The number of hydrogen-bond acceptors (Lipinski definition) is 1. The van der Waals surface area contributed by atoms with Crippen LogP contribution < -0.4 is 0 Å². The first-order chi connectivity index (χ1) is 16.5. The summed E-state index contributed by atoms with van der Waals surface area (Å²) >= 11 is 0. The first-order valence-corrected chi connectivity index (χ1v) is 11.9. The Morgan fingerprint density at radius 2 is 1.47 bits per heavy atom. The van der Waals surface area contributed by atoms with E-state index in [2.05, 4.69) is 109 Å². The predicted molar refractivity (Wildman–Crippen MR) is 140 cm³/mol. The van der Waals surface area contributed by atoms with Crippen molar-refractivity contribution >= 4 is 16.7 Å². The summed E-state index contributed by atoms with van der Waals surface area (Å²) in [7, 11) is 0. The highest BCUT2D eigenvalue weighted by atomic mass is 16.1. The zero-order valence-corrected chi connectivity index (χ0v) is 19.6. The van der Waals surface area contributed by atoms with Gasteiger partial charge in [-0.1, -0.05) is 97.4 Å². The standard InChI is InChI=1S/C32H27NO/c1-22-16-18-24(19-17-22)33-29-15-9-7-12-25(29)27(31(33)23-10-4-3-5-11-23)20-32(2)21-30(34)26-13-6-8-14-28(26)32/h3-19H,20-21H2,1-2H3/t32-/m0/s1. The molecule has 0 spiro atoms. The van der Waals surface area contributed by atoms with Crippen LogP contribution in [0.4, 0.5) is 0 Å². The van der Waals surface area contributed by atoms with Gasteiger partial charge in [-0.2, -0.15) is 0 Å². The second kappa shape index (κ2) is 7.85. The van der Waals surface area contributed by atoms with E-state index in [-0.39, 0.29) is 11.2 Å². The molecule has 1 atom stereocenters. The number of aryl methyl sites for hydroxylation is 1. The quantitative estimate of drug-likeness (QED) is 0.280. The van der Waals surface area contributed by atoms with Gasteiger partial charge in [0, 0.05) is 28.5 Å². The number of hydrogen-bond donors (Lipinski definition) is 0. The monoisotopic (exact) mass is 441 g/mol. The van der Waals surface area contributed by atoms with Gasteiger partial charge in [0.25, 0.3) is 0 Å². The molecule has 6 rings (SSSR count). The van der Waals surface area contributed by atoms with Crippen molar-refractivity contribution in [2.45, 2.75) is 32.1 Å². The highest BCUT2D eigenvalue weighted by Crippen LogP contribution is 2.45. The fourth-order valence-electron chi connectivity index (χ4n) is 5.69. The molecule has 1 aliphatic rings. The average Bonchev–Trinajstić information content (AvgIpc) is 3.32. The molecular weight excluding hydrogens is 414 g/mol. The Morgan fingerprint density at radius 1 is 0.794 bits per heavy atom. The van der Waals surface area contributed by atoms with Gasteiger partial charge in [0.05, 0.1) is 11.2 Å². The van der Waals surface area contributed by atoms with Crippen molar-refractivity contribution in [3.05, 3.63) is 125 Å². The molecule has 1 aliphatic carbocycles. The molecule has 1 aromatic heterocycles. The molecule has 2 heteroatoms. The van der Waals surface area contributed by atoms with Crippen LogP contribution in [0.15, 0.2) is 103 Å². The Bertz CT molecular complexity index is 1530. The van der Waals surface area contributed by atoms with E-state index >= 15 is 0 Å². The molecule has 0 fully saturated rings. The van der Waals surface area contributed by atoms with Gasteiger partial charge in [-0.15, -0.1) is 0 Å². The minimum absolute atomic E-state index is 0.237. The lowest BCUT2D eigenvalue weighted by Crippen LogP contribution is -2.22. The molecule has 0 radical (unpaired) electrons.